The largest absolute Gasteiger partial charge is 0.508 e. The van der Waals surface area contributed by atoms with E-state index in [0.29, 0.717) is 18.3 Å². The minimum atomic E-state index is -2.36. The van der Waals surface area contributed by atoms with Crippen molar-refractivity contribution in [2.24, 2.45) is 29.2 Å². The van der Waals surface area contributed by atoms with E-state index in [1.165, 1.54) is 37.6 Å². The number of nitrogens with zero attached hydrogens (tertiary/aromatic N) is 2. The predicted octanol–water partition coefficient (Wildman–Crippen LogP) is -2.72. The second-order valence-corrected chi connectivity index (χ2v) is 21.9. The number of carbonyl (C=O) groups is 7. The maximum absolute atomic E-state index is 14.7. The molecule has 442 valence electrons. The number of nitrogens with two attached hydrogens (primary N) is 2. The van der Waals surface area contributed by atoms with E-state index < -0.39 is 152 Å². The van der Waals surface area contributed by atoms with Gasteiger partial charge in [-0.05, 0) is 68.1 Å². The maximum atomic E-state index is 14.7. The zero-order valence-corrected chi connectivity index (χ0v) is 45.8. The van der Waals surface area contributed by atoms with Gasteiger partial charge in [-0.25, -0.2) is 0 Å². The van der Waals surface area contributed by atoms with E-state index in [1.54, 1.807) is 6.92 Å². The molecular weight excluding hydrogens is 1020 g/mol. The van der Waals surface area contributed by atoms with Crippen molar-refractivity contribution < 1.29 is 74.4 Å². The topological polar surface area (TPSA) is 412 Å². The molecule has 78 heavy (non-hydrogen) atoms. The SMILES string of the molecule is CCC(C)CC(C)CCCCCCCCC(=O)NC1CC(C)C(NCCN)NC(=O)C2C(O)CCN2C(=O)C(C(O)CC(N)=O)NC(O)C(C(O)C(O)c2ccc(O)cc2)NC(=O)C2CC(O)CN2C(=O)C(C(C)O)NC1=O. The summed E-state index contributed by atoms with van der Waals surface area (Å²) in [6.45, 7) is 8.92. The smallest absolute Gasteiger partial charge is 0.248 e. The minimum Gasteiger partial charge on any atom is -0.508 e. The molecular formula is C53H90N10O15. The number of carbonyl (C=O) groups excluding carboxylic acids is 7. The molecule has 17 atom stereocenters. The van der Waals surface area contributed by atoms with E-state index >= 15 is 0 Å². The van der Waals surface area contributed by atoms with Gasteiger partial charge in [0.05, 0.1) is 43.0 Å². The first kappa shape index (κ1) is 65.4. The van der Waals surface area contributed by atoms with Crippen LogP contribution in [0.25, 0.3) is 0 Å². The molecule has 18 N–H and O–H groups in total. The van der Waals surface area contributed by atoms with Gasteiger partial charge in [-0.1, -0.05) is 84.8 Å². The Kier molecular flexibility index (Phi) is 26.5. The van der Waals surface area contributed by atoms with E-state index in [1.807, 2.05) is 0 Å². The zero-order valence-electron chi connectivity index (χ0n) is 45.8. The number of fused-ring (bicyclic) bond motifs is 2. The van der Waals surface area contributed by atoms with Crippen LogP contribution in [0.5, 0.6) is 5.75 Å². The Morgan fingerprint density at radius 1 is 0.808 bits per heavy atom. The second kappa shape index (κ2) is 31.6. The molecule has 0 spiro atoms. The van der Waals surface area contributed by atoms with Crippen LogP contribution in [-0.4, -0.2) is 197 Å². The molecule has 1 aromatic carbocycles. The number of hydrogen-bond donors (Lipinski definition) is 16. The lowest BCUT2D eigenvalue weighted by atomic mass is 9.91. The van der Waals surface area contributed by atoms with Gasteiger partial charge in [-0.2, -0.15) is 0 Å². The van der Waals surface area contributed by atoms with Gasteiger partial charge < -0.3 is 83.4 Å². The highest BCUT2D eigenvalue weighted by molar-refractivity contribution is 5.95. The molecule has 3 heterocycles. The molecule has 0 bridgehead atoms. The van der Waals surface area contributed by atoms with Gasteiger partial charge >= 0.3 is 0 Å². The summed E-state index contributed by atoms with van der Waals surface area (Å²) in [7, 11) is 0. The Morgan fingerprint density at radius 3 is 2.08 bits per heavy atom. The standard InChI is InChI=1S/C53H90N10O15/c1-6-28(2)23-29(3)13-11-9-7-8-10-12-14-40(70)57-35-24-30(4)47(56-21-20-54)61-51(76)44-37(67)19-22-62(44)53(78)42(38(68)26-39(55)69)59-50(75)43(46(72)45(71)32-15-17-33(65)18-16-32)60-49(74)36-25-34(66)27-63(36)52(77)41(31(5)64)58-48(35)73/h15-18,28-31,34-38,41-47,50,56,59,64-68,71-72,75H,6-14,19-27,54H2,1-5H3,(H2,55,69)(H,57,70)(H,58,73)(H,60,74)(H,61,76). The van der Waals surface area contributed by atoms with E-state index in [4.69, 9.17) is 11.5 Å². The predicted molar refractivity (Wildman–Crippen MR) is 284 cm³/mol. The van der Waals surface area contributed by atoms with E-state index in [-0.39, 0.29) is 50.2 Å². The number of nitrogens with one attached hydrogen (secondary N) is 6. The Bertz CT molecular complexity index is 2110. The summed E-state index contributed by atoms with van der Waals surface area (Å²) in [6.07, 6.45) is -7.08. The van der Waals surface area contributed by atoms with Crippen LogP contribution in [0, 0.1) is 17.8 Å². The highest BCUT2D eigenvalue weighted by Gasteiger charge is 2.49. The molecule has 0 aromatic heterocycles. The molecule has 3 aliphatic rings. The summed E-state index contributed by atoms with van der Waals surface area (Å²) >= 11 is 0. The summed E-state index contributed by atoms with van der Waals surface area (Å²) in [6, 6.07) is -5.95. The van der Waals surface area contributed by atoms with Gasteiger partial charge in [0.1, 0.15) is 54.4 Å². The van der Waals surface area contributed by atoms with Crippen LogP contribution in [0.15, 0.2) is 24.3 Å². The fraction of sp³-hybridized carbons (Fsp3) is 0.755. The molecule has 25 heteroatoms. The maximum Gasteiger partial charge on any atom is 0.248 e. The molecule has 25 nitrogen and oxygen atoms in total. The third kappa shape index (κ3) is 19.0. The molecule has 4 rings (SSSR count). The lowest BCUT2D eigenvalue weighted by Crippen LogP contribution is -2.66. The molecule has 1 aromatic rings. The van der Waals surface area contributed by atoms with Gasteiger partial charge in [0, 0.05) is 39.0 Å². The summed E-state index contributed by atoms with van der Waals surface area (Å²) in [5.41, 5.74) is 11.2. The van der Waals surface area contributed by atoms with E-state index in [0.717, 1.165) is 54.7 Å². The van der Waals surface area contributed by atoms with Gasteiger partial charge in [-0.3, -0.25) is 44.2 Å². The number of hydrogen-bond acceptors (Lipinski definition) is 18. The fourth-order valence-corrected chi connectivity index (χ4v) is 10.6. The van der Waals surface area contributed by atoms with E-state index in [9.17, 15) is 74.4 Å². The van der Waals surface area contributed by atoms with Crippen LogP contribution in [-0.2, 0) is 33.6 Å². The van der Waals surface area contributed by atoms with Gasteiger partial charge in [-0.15, -0.1) is 0 Å². The lowest BCUT2D eigenvalue weighted by Gasteiger charge is -2.37. The quantitative estimate of drug-likeness (QED) is 0.0495. The van der Waals surface area contributed by atoms with Crippen molar-refractivity contribution in [2.75, 3.05) is 26.2 Å². The van der Waals surface area contributed by atoms with Crippen molar-refractivity contribution in [1.82, 2.24) is 41.7 Å². The van der Waals surface area contributed by atoms with Crippen LogP contribution in [0.2, 0.25) is 0 Å². The van der Waals surface area contributed by atoms with Crippen LogP contribution in [0.3, 0.4) is 0 Å². The van der Waals surface area contributed by atoms with Crippen molar-refractivity contribution in [3.8, 4) is 5.75 Å². The molecule has 3 aliphatic heterocycles. The van der Waals surface area contributed by atoms with Crippen LogP contribution in [0.1, 0.15) is 136 Å². The highest BCUT2D eigenvalue weighted by Crippen LogP contribution is 2.27. The summed E-state index contributed by atoms with van der Waals surface area (Å²) in [4.78, 5) is 100. The molecule has 0 radical (unpaired) electrons. The lowest BCUT2D eigenvalue weighted by molar-refractivity contribution is -0.147. The average molecular weight is 1110 g/mol. The average Bonchev–Trinajstić information content (AvgIpc) is 4.01. The second-order valence-electron chi connectivity index (χ2n) is 21.9. The molecule has 3 saturated heterocycles. The molecule has 3 fully saturated rings. The Labute approximate surface area is 457 Å². The van der Waals surface area contributed by atoms with Gasteiger partial charge in [0.25, 0.3) is 0 Å². The highest BCUT2D eigenvalue weighted by atomic mass is 16.3. The Hall–Kier alpha value is -5.09. The van der Waals surface area contributed by atoms with Crippen LogP contribution in [0.4, 0.5) is 0 Å². The number of unbranched alkanes of at least 4 members (excludes halogenated alkanes) is 5. The number of primary amides is 1. The number of amides is 7. The van der Waals surface area contributed by atoms with Gasteiger partial charge in [0.15, 0.2) is 0 Å². The molecule has 17 unspecified atom stereocenters. The number of rotatable bonds is 23. The van der Waals surface area contributed by atoms with Crippen molar-refractivity contribution in [3.63, 3.8) is 0 Å². The Morgan fingerprint density at radius 2 is 1.45 bits per heavy atom. The van der Waals surface area contributed by atoms with E-state index in [2.05, 4.69) is 52.7 Å². The number of phenolic OH excluding ortho intramolecular Hbond substituents is 1. The number of phenols is 1. The van der Waals surface area contributed by atoms with Gasteiger partial charge in [0.2, 0.25) is 41.4 Å². The van der Waals surface area contributed by atoms with Crippen molar-refractivity contribution >= 4 is 41.4 Å². The third-order valence-electron chi connectivity index (χ3n) is 15.3. The fourth-order valence-electron chi connectivity index (χ4n) is 10.6. The van der Waals surface area contributed by atoms with Crippen molar-refractivity contribution in [3.05, 3.63) is 29.8 Å². The Balaban J connectivity index is 1.74. The monoisotopic (exact) mass is 1110 g/mol. The van der Waals surface area contributed by atoms with Crippen LogP contribution >= 0.6 is 0 Å². The summed E-state index contributed by atoms with van der Waals surface area (Å²) in [5, 5.41) is 106. The summed E-state index contributed by atoms with van der Waals surface area (Å²) in [5.74, 6) is -6.51. The summed E-state index contributed by atoms with van der Waals surface area (Å²) < 4.78 is 0. The number of aromatic hydroxyl groups is 1. The first-order valence-electron chi connectivity index (χ1n) is 27.7. The zero-order chi connectivity index (χ0) is 58.0. The first-order chi connectivity index (χ1) is 36.9. The van der Waals surface area contributed by atoms with Crippen molar-refractivity contribution in [1.29, 1.82) is 0 Å². The molecule has 0 aliphatic carbocycles. The normalized spacial score (nSPS) is 29.4. The third-order valence-corrected chi connectivity index (χ3v) is 15.3. The minimum absolute atomic E-state index is 0.0423. The van der Waals surface area contributed by atoms with Crippen molar-refractivity contribution in [2.45, 2.75) is 210 Å². The molecule has 0 saturated carbocycles. The number of aliphatic hydroxyl groups excluding tert-OH is 7. The van der Waals surface area contributed by atoms with Crippen LogP contribution < -0.4 is 43.4 Å². The number of aliphatic hydroxyl groups is 7. The molecule has 7 amide bonds. The first-order valence-corrected chi connectivity index (χ1v) is 27.7. The number of benzene rings is 1.